The van der Waals surface area contributed by atoms with Crippen molar-refractivity contribution in [3.63, 3.8) is 0 Å². The summed E-state index contributed by atoms with van der Waals surface area (Å²) in [5.74, 6) is 0.611. The number of halogens is 3. The van der Waals surface area contributed by atoms with Gasteiger partial charge in [-0.15, -0.1) is 11.3 Å². The molecule has 0 saturated heterocycles. The maximum absolute atomic E-state index is 12.6. The van der Waals surface area contributed by atoms with E-state index in [1.165, 1.54) is 12.8 Å². The summed E-state index contributed by atoms with van der Waals surface area (Å²) in [5.41, 5.74) is -0.647. The Morgan fingerprint density at radius 3 is 2.65 bits per heavy atom. The van der Waals surface area contributed by atoms with Gasteiger partial charge in [-0.1, -0.05) is 12.8 Å². The molecule has 148 valence electrons. The fourth-order valence-electron chi connectivity index (χ4n) is 3.23. The summed E-state index contributed by atoms with van der Waals surface area (Å²) < 4.78 is 43.1. The Hall–Kier alpha value is -1.35. The smallest absolute Gasteiger partial charge is 0.385 e. The molecule has 0 bridgehead atoms. The Bertz CT molecular complexity index is 583. The average Bonchev–Trinajstić information content (AvgIpc) is 3.25. The van der Waals surface area contributed by atoms with Gasteiger partial charge in [-0.2, -0.15) is 13.2 Å². The van der Waals surface area contributed by atoms with Crippen LogP contribution in [0.1, 0.15) is 49.7 Å². The maximum Gasteiger partial charge on any atom is 0.434 e. The normalized spacial score (nSPS) is 17.5. The minimum absolute atomic E-state index is 0.126. The fraction of sp³-hybridized carbons (Fsp3) is 0.765. The van der Waals surface area contributed by atoms with Crippen LogP contribution in [0.5, 0.6) is 0 Å². The molecule has 1 aliphatic rings. The van der Waals surface area contributed by atoms with Gasteiger partial charge in [-0.05, 0) is 31.6 Å². The van der Waals surface area contributed by atoms with Crippen molar-refractivity contribution in [3.05, 3.63) is 16.1 Å². The molecule has 1 heterocycles. The van der Waals surface area contributed by atoms with E-state index in [2.05, 4.69) is 20.6 Å². The molecule has 9 heteroatoms. The Morgan fingerprint density at radius 1 is 1.35 bits per heavy atom. The lowest BCUT2D eigenvalue weighted by Crippen LogP contribution is -2.43. The molecule has 1 aliphatic carbocycles. The van der Waals surface area contributed by atoms with E-state index in [4.69, 9.17) is 4.74 Å². The number of guanidine groups is 1. The third kappa shape index (κ3) is 6.12. The predicted molar refractivity (Wildman–Crippen MR) is 97.3 cm³/mol. The molecule has 26 heavy (non-hydrogen) atoms. The molecule has 0 radical (unpaired) electrons. The van der Waals surface area contributed by atoms with Crippen LogP contribution in [-0.4, -0.2) is 37.7 Å². The van der Waals surface area contributed by atoms with E-state index in [-0.39, 0.29) is 12.0 Å². The fourth-order valence-corrected chi connectivity index (χ4v) is 3.96. The van der Waals surface area contributed by atoms with Gasteiger partial charge in [0.1, 0.15) is 5.01 Å². The number of methoxy groups -OCH3 is 1. The van der Waals surface area contributed by atoms with Gasteiger partial charge in [0.15, 0.2) is 11.7 Å². The summed E-state index contributed by atoms with van der Waals surface area (Å²) >= 11 is 0.980. The van der Waals surface area contributed by atoms with Crippen LogP contribution in [0.4, 0.5) is 13.2 Å². The van der Waals surface area contributed by atoms with Crippen LogP contribution in [0.15, 0.2) is 10.4 Å². The van der Waals surface area contributed by atoms with E-state index in [0.717, 1.165) is 49.1 Å². The highest BCUT2D eigenvalue weighted by molar-refractivity contribution is 7.09. The molecule has 0 spiro atoms. The van der Waals surface area contributed by atoms with Crippen molar-refractivity contribution in [2.75, 3.05) is 26.8 Å². The highest BCUT2D eigenvalue weighted by Crippen LogP contribution is 2.40. The molecule has 0 atom stereocenters. The first-order valence-electron chi connectivity index (χ1n) is 8.91. The van der Waals surface area contributed by atoms with Crippen molar-refractivity contribution in [1.82, 2.24) is 15.6 Å². The van der Waals surface area contributed by atoms with Gasteiger partial charge in [0.05, 0.1) is 6.54 Å². The molecule has 1 aromatic heterocycles. The van der Waals surface area contributed by atoms with Crippen LogP contribution < -0.4 is 10.6 Å². The number of rotatable bonds is 8. The van der Waals surface area contributed by atoms with E-state index >= 15 is 0 Å². The van der Waals surface area contributed by atoms with E-state index < -0.39 is 11.9 Å². The van der Waals surface area contributed by atoms with Gasteiger partial charge in [-0.3, -0.25) is 0 Å². The van der Waals surface area contributed by atoms with Gasteiger partial charge < -0.3 is 15.4 Å². The molecule has 1 fully saturated rings. The molecular formula is C17H27F3N4OS. The summed E-state index contributed by atoms with van der Waals surface area (Å²) in [4.78, 5) is 8.01. The van der Waals surface area contributed by atoms with Crippen LogP contribution in [0.3, 0.4) is 0 Å². The van der Waals surface area contributed by atoms with Crippen LogP contribution in [-0.2, 0) is 17.5 Å². The lowest BCUT2D eigenvalue weighted by molar-refractivity contribution is -0.140. The molecule has 1 saturated carbocycles. The molecule has 2 N–H and O–H groups in total. The zero-order valence-corrected chi connectivity index (χ0v) is 16.1. The number of hydrogen-bond donors (Lipinski definition) is 2. The SMILES string of the molecule is CCNC(=NCc1nc(C(F)(F)F)cs1)NCC1(CCOC)CCCC1. The minimum Gasteiger partial charge on any atom is -0.385 e. The highest BCUT2D eigenvalue weighted by atomic mass is 32.1. The molecule has 0 amide bonds. The summed E-state index contributed by atoms with van der Waals surface area (Å²) in [6, 6.07) is 0. The summed E-state index contributed by atoms with van der Waals surface area (Å²) in [6.07, 6.45) is 1.35. The zero-order chi connectivity index (χ0) is 19.0. The average molecular weight is 392 g/mol. The Balaban J connectivity index is 1.96. The first-order chi connectivity index (χ1) is 12.4. The first-order valence-corrected chi connectivity index (χ1v) is 9.79. The van der Waals surface area contributed by atoms with E-state index in [9.17, 15) is 13.2 Å². The number of aromatic nitrogens is 1. The second-order valence-corrected chi connectivity index (χ2v) is 7.57. The standard InChI is InChI=1S/C17H27F3N4OS/c1-3-21-15(22-10-14-24-13(11-26-14)17(18,19)20)23-12-16(8-9-25-2)6-4-5-7-16/h11H,3-10,12H2,1-2H3,(H2,21,22,23). The third-order valence-corrected chi connectivity index (χ3v) is 5.52. The summed E-state index contributed by atoms with van der Waals surface area (Å²) in [5, 5.41) is 7.89. The Kier molecular flexibility index (Phi) is 7.69. The number of thiazole rings is 1. The molecule has 2 rings (SSSR count). The van der Waals surface area contributed by atoms with E-state index in [1.807, 2.05) is 6.92 Å². The van der Waals surface area contributed by atoms with Crippen molar-refractivity contribution >= 4 is 17.3 Å². The number of hydrogen-bond acceptors (Lipinski definition) is 4. The van der Waals surface area contributed by atoms with Crippen molar-refractivity contribution in [2.45, 2.75) is 51.7 Å². The van der Waals surface area contributed by atoms with Crippen molar-refractivity contribution in [1.29, 1.82) is 0 Å². The second kappa shape index (κ2) is 9.55. The minimum atomic E-state index is -4.41. The molecule has 5 nitrogen and oxygen atoms in total. The van der Waals surface area contributed by atoms with E-state index in [1.54, 1.807) is 7.11 Å². The van der Waals surface area contributed by atoms with Crippen molar-refractivity contribution in [2.24, 2.45) is 10.4 Å². The lowest BCUT2D eigenvalue weighted by atomic mass is 9.83. The number of nitrogens with one attached hydrogen (secondary N) is 2. The van der Waals surface area contributed by atoms with Crippen LogP contribution in [0.25, 0.3) is 0 Å². The summed E-state index contributed by atoms with van der Waals surface area (Å²) in [6.45, 7) is 4.28. The molecular weight excluding hydrogens is 365 g/mol. The monoisotopic (exact) mass is 392 g/mol. The number of alkyl halides is 3. The third-order valence-electron chi connectivity index (χ3n) is 4.69. The molecule has 0 aromatic carbocycles. The van der Waals surface area contributed by atoms with Crippen LogP contribution in [0, 0.1) is 5.41 Å². The van der Waals surface area contributed by atoms with Gasteiger partial charge in [0.25, 0.3) is 0 Å². The topological polar surface area (TPSA) is 58.5 Å². The summed E-state index contributed by atoms with van der Waals surface area (Å²) in [7, 11) is 1.71. The molecule has 0 aliphatic heterocycles. The number of aliphatic imine (C=N–C) groups is 1. The van der Waals surface area contributed by atoms with Gasteiger partial charge in [0, 0.05) is 32.2 Å². The van der Waals surface area contributed by atoms with Crippen LogP contribution in [0.2, 0.25) is 0 Å². The second-order valence-electron chi connectivity index (χ2n) is 6.62. The van der Waals surface area contributed by atoms with Crippen LogP contribution >= 0.6 is 11.3 Å². The maximum atomic E-state index is 12.6. The predicted octanol–water partition coefficient (Wildman–Crippen LogP) is 3.81. The highest BCUT2D eigenvalue weighted by Gasteiger charge is 2.34. The van der Waals surface area contributed by atoms with Gasteiger partial charge in [0.2, 0.25) is 0 Å². The number of nitrogens with zero attached hydrogens (tertiary/aromatic N) is 2. The lowest BCUT2D eigenvalue weighted by Gasteiger charge is -2.29. The number of ether oxygens (including phenoxy) is 1. The first kappa shape index (κ1) is 21.0. The van der Waals surface area contributed by atoms with Crippen molar-refractivity contribution < 1.29 is 17.9 Å². The van der Waals surface area contributed by atoms with E-state index in [0.29, 0.717) is 17.5 Å². The molecule has 0 unspecified atom stereocenters. The Labute approximate surface area is 156 Å². The zero-order valence-electron chi connectivity index (χ0n) is 15.3. The quantitative estimate of drug-likeness (QED) is 0.522. The van der Waals surface area contributed by atoms with Gasteiger partial charge in [-0.25, -0.2) is 9.98 Å². The van der Waals surface area contributed by atoms with Crippen molar-refractivity contribution in [3.8, 4) is 0 Å². The molecule has 1 aromatic rings. The van der Waals surface area contributed by atoms with Gasteiger partial charge >= 0.3 is 6.18 Å². The Morgan fingerprint density at radius 2 is 2.08 bits per heavy atom. The largest absolute Gasteiger partial charge is 0.434 e.